The van der Waals surface area contributed by atoms with Crippen molar-refractivity contribution in [2.75, 3.05) is 6.61 Å². The van der Waals surface area contributed by atoms with E-state index >= 15 is 0 Å². The third-order valence-corrected chi connectivity index (χ3v) is 4.97. The lowest BCUT2D eigenvalue weighted by Crippen LogP contribution is -2.32. The van der Waals surface area contributed by atoms with Crippen LogP contribution in [0.25, 0.3) is 33.8 Å². The van der Waals surface area contributed by atoms with Gasteiger partial charge in [-0.25, -0.2) is 27.9 Å². The van der Waals surface area contributed by atoms with Gasteiger partial charge in [0.25, 0.3) is 0 Å². The Morgan fingerprint density at radius 2 is 1.82 bits per heavy atom. The Morgan fingerprint density at radius 1 is 1.00 bits per heavy atom. The number of fused-ring (bicyclic) bond motifs is 3. The monoisotopic (exact) mass is 456 g/mol. The maximum Gasteiger partial charge on any atom is 0.330 e. The molecule has 0 N–H and O–H groups in total. The van der Waals surface area contributed by atoms with Gasteiger partial charge in [0, 0.05) is 5.56 Å². The van der Waals surface area contributed by atoms with Gasteiger partial charge in [0.05, 0.1) is 23.9 Å². The van der Waals surface area contributed by atoms with Crippen molar-refractivity contribution >= 4 is 16.7 Å². The molecule has 2 aromatic carbocycles. The first-order valence-corrected chi connectivity index (χ1v) is 9.90. The van der Waals surface area contributed by atoms with E-state index in [9.17, 15) is 17.6 Å². The number of benzene rings is 2. The molecule has 0 unspecified atom stereocenters. The Hall–Kier alpha value is -3.86. The number of hydrogen-bond acceptors (Lipinski definition) is 5. The predicted molar refractivity (Wildman–Crippen MR) is 111 cm³/mol. The van der Waals surface area contributed by atoms with Crippen molar-refractivity contribution in [3.63, 3.8) is 0 Å². The molecule has 33 heavy (non-hydrogen) atoms. The average Bonchev–Trinajstić information content (AvgIpc) is 3.44. The Labute approximate surface area is 184 Å². The molecule has 0 aliphatic heterocycles. The highest BCUT2D eigenvalue weighted by atomic mass is 19.3. The Bertz CT molecular complexity index is 1420. The van der Waals surface area contributed by atoms with Gasteiger partial charge in [-0.1, -0.05) is 36.4 Å². The van der Waals surface area contributed by atoms with E-state index < -0.39 is 19.0 Å². The zero-order valence-electron chi connectivity index (χ0n) is 16.9. The molecule has 0 aliphatic rings. The van der Waals surface area contributed by atoms with Crippen LogP contribution in [-0.4, -0.2) is 48.3 Å². The van der Waals surface area contributed by atoms with Crippen LogP contribution in [0.5, 0.6) is 0 Å². The summed E-state index contributed by atoms with van der Waals surface area (Å²) in [4.78, 5) is 9.06. The number of nitrogens with zero attached hydrogens (tertiary/aromatic N) is 6. The lowest BCUT2D eigenvalue weighted by atomic mass is 10.1. The van der Waals surface area contributed by atoms with Crippen molar-refractivity contribution in [3.05, 3.63) is 72.7 Å². The van der Waals surface area contributed by atoms with Gasteiger partial charge in [-0.15, -0.1) is 5.10 Å². The van der Waals surface area contributed by atoms with Crippen LogP contribution in [0, 0.1) is 0 Å². The highest BCUT2D eigenvalue weighted by molar-refractivity contribution is 5.89. The largest absolute Gasteiger partial charge is 0.370 e. The van der Waals surface area contributed by atoms with Crippen LogP contribution in [0.1, 0.15) is 5.56 Å². The lowest BCUT2D eigenvalue weighted by molar-refractivity contribution is -0.168. The quantitative estimate of drug-likeness (QED) is 0.336. The minimum Gasteiger partial charge on any atom is -0.370 e. The molecular formula is C22H16F4N6O. The molecule has 5 rings (SSSR count). The molecule has 5 aromatic rings. The van der Waals surface area contributed by atoms with Crippen molar-refractivity contribution in [1.82, 2.24) is 29.4 Å². The summed E-state index contributed by atoms with van der Waals surface area (Å²) in [5, 5.41) is 9.57. The number of aromatic nitrogens is 6. The Morgan fingerprint density at radius 3 is 2.61 bits per heavy atom. The summed E-state index contributed by atoms with van der Waals surface area (Å²) >= 11 is 0. The molecule has 0 saturated heterocycles. The Kier molecular flexibility index (Phi) is 5.25. The van der Waals surface area contributed by atoms with Crippen molar-refractivity contribution in [2.24, 2.45) is 0 Å². The van der Waals surface area contributed by atoms with Gasteiger partial charge in [-0.3, -0.25) is 0 Å². The topological polar surface area (TPSA) is 70.1 Å². The maximum absolute atomic E-state index is 13.0. The van der Waals surface area contributed by atoms with Gasteiger partial charge in [-0.2, -0.15) is 13.9 Å². The molecule has 0 saturated carbocycles. The van der Waals surface area contributed by atoms with E-state index in [1.165, 1.54) is 10.8 Å². The molecule has 0 radical (unpaired) electrons. The molecule has 3 aromatic heterocycles. The van der Waals surface area contributed by atoms with E-state index in [1.54, 1.807) is 35.1 Å². The summed E-state index contributed by atoms with van der Waals surface area (Å²) in [6, 6.07) is 16.3. The minimum atomic E-state index is -4.19. The lowest BCUT2D eigenvalue weighted by Gasteiger charge is -2.15. The molecule has 3 heterocycles. The highest BCUT2D eigenvalue weighted by Gasteiger charge is 2.40. The molecule has 7 nitrogen and oxygen atoms in total. The zero-order valence-corrected chi connectivity index (χ0v) is 16.9. The van der Waals surface area contributed by atoms with Crippen LogP contribution in [0.3, 0.4) is 0 Å². The number of halogens is 4. The third-order valence-electron chi connectivity index (χ3n) is 4.97. The molecule has 0 atom stereocenters. The van der Waals surface area contributed by atoms with Crippen LogP contribution in [0.15, 0.2) is 67.1 Å². The SMILES string of the molecule is FC(F)C(F)(F)COCc1cccc(-c2nc3c4cnn(-c5ccccc5)c4ncn3n2)c1. The zero-order chi connectivity index (χ0) is 23.0. The van der Waals surface area contributed by atoms with Gasteiger partial charge in [-0.05, 0) is 23.8 Å². The fourth-order valence-corrected chi connectivity index (χ4v) is 3.37. The minimum absolute atomic E-state index is 0.251. The number of rotatable bonds is 7. The average molecular weight is 456 g/mol. The van der Waals surface area contributed by atoms with Crippen LogP contribution >= 0.6 is 0 Å². The van der Waals surface area contributed by atoms with Gasteiger partial charge in [0.15, 0.2) is 17.1 Å². The fraction of sp³-hybridized carbons (Fsp3) is 0.182. The molecule has 0 bridgehead atoms. The van der Waals surface area contributed by atoms with E-state index in [2.05, 4.69) is 20.2 Å². The molecule has 0 fully saturated rings. The number of hydrogen-bond donors (Lipinski definition) is 0. The molecule has 0 aliphatic carbocycles. The van der Waals surface area contributed by atoms with Crippen LogP contribution in [0.4, 0.5) is 17.6 Å². The van der Waals surface area contributed by atoms with E-state index in [0.717, 1.165) is 5.69 Å². The first kappa shape index (κ1) is 21.0. The standard InChI is InChI=1S/C22H16F4N6O/c23-21(24)22(25,26)12-33-11-14-5-4-6-15(9-14)18-29-20-17-10-28-32(16-7-2-1-3-8-16)19(17)27-13-31(20)30-18/h1-10,13,21H,11-12H2. The molecule has 0 amide bonds. The predicted octanol–water partition coefficient (Wildman–Crippen LogP) is 4.55. The summed E-state index contributed by atoms with van der Waals surface area (Å²) in [5.74, 6) is -3.81. The highest BCUT2D eigenvalue weighted by Crippen LogP contribution is 2.25. The normalized spacial score (nSPS) is 12.3. The summed E-state index contributed by atoms with van der Waals surface area (Å²) < 4.78 is 58.7. The van der Waals surface area contributed by atoms with Crippen molar-refractivity contribution in [1.29, 1.82) is 0 Å². The second-order valence-electron chi connectivity index (χ2n) is 7.33. The van der Waals surface area contributed by atoms with Crippen LogP contribution in [-0.2, 0) is 11.3 Å². The first-order valence-electron chi connectivity index (χ1n) is 9.90. The summed E-state index contributed by atoms with van der Waals surface area (Å²) in [6.07, 6.45) is -0.576. The Balaban J connectivity index is 1.43. The van der Waals surface area contributed by atoms with Crippen molar-refractivity contribution < 1.29 is 22.3 Å². The molecule has 0 spiro atoms. The summed E-state index contributed by atoms with van der Waals surface area (Å²) in [7, 11) is 0. The van der Waals surface area contributed by atoms with E-state index in [1.807, 2.05) is 30.3 Å². The number of para-hydroxylation sites is 1. The second-order valence-corrected chi connectivity index (χ2v) is 7.33. The van der Waals surface area contributed by atoms with E-state index in [0.29, 0.717) is 33.6 Å². The molecular weight excluding hydrogens is 440 g/mol. The molecule has 168 valence electrons. The van der Waals surface area contributed by atoms with Gasteiger partial charge < -0.3 is 4.74 Å². The van der Waals surface area contributed by atoms with Gasteiger partial charge in [0.1, 0.15) is 12.9 Å². The number of alkyl halides is 4. The summed E-state index contributed by atoms with van der Waals surface area (Å²) in [6.45, 7) is -1.62. The van der Waals surface area contributed by atoms with Crippen LogP contribution in [0.2, 0.25) is 0 Å². The van der Waals surface area contributed by atoms with Gasteiger partial charge >= 0.3 is 12.3 Å². The van der Waals surface area contributed by atoms with Crippen molar-refractivity contribution in [3.8, 4) is 17.1 Å². The fourth-order valence-electron chi connectivity index (χ4n) is 3.37. The third kappa shape index (κ3) is 4.02. The van der Waals surface area contributed by atoms with Gasteiger partial charge in [0.2, 0.25) is 0 Å². The smallest absolute Gasteiger partial charge is 0.330 e. The first-order chi connectivity index (χ1) is 15.9. The van der Waals surface area contributed by atoms with E-state index in [4.69, 9.17) is 4.74 Å². The molecule has 11 heteroatoms. The van der Waals surface area contributed by atoms with Crippen molar-refractivity contribution in [2.45, 2.75) is 19.0 Å². The number of ether oxygens (including phenoxy) is 1. The van der Waals surface area contributed by atoms with Crippen LogP contribution < -0.4 is 0 Å². The summed E-state index contributed by atoms with van der Waals surface area (Å²) in [5.41, 5.74) is 3.17. The maximum atomic E-state index is 13.0. The van der Waals surface area contributed by atoms with E-state index in [-0.39, 0.29) is 6.61 Å². The second kappa shape index (κ2) is 8.24.